The van der Waals surface area contributed by atoms with Gasteiger partial charge in [-0.3, -0.25) is 0 Å². The zero-order chi connectivity index (χ0) is 14.5. The molecule has 0 saturated carbocycles. The summed E-state index contributed by atoms with van der Waals surface area (Å²) >= 11 is 3.44. The number of anilines is 1. The monoisotopic (exact) mass is 333 g/mol. The molecule has 4 heteroatoms. The third kappa shape index (κ3) is 3.61. The lowest BCUT2D eigenvalue weighted by Gasteiger charge is -2.12. The summed E-state index contributed by atoms with van der Waals surface area (Å²) < 4.78 is 5.85. The first kappa shape index (κ1) is 14.6. The molecule has 0 heterocycles. The maximum absolute atomic E-state index is 11.8. The highest BCUT2D eigenvalue weighted by Gasteiger charge is 2.11. The minimum Gasteiger partial charge on any atom is -0.465 e. The lowest BCUT2D eigenvalue weighted by Crippen LogP contribution is -2.08. The lowest BCUT2D eigenvalue weighted by atomic mass is 10.1. The topological polar surface area (TPSA) is 38.3 Å². The number of aryl methyl sites for hydroxylation is 1. The summed E-state index contributed by atoms with van der Waals surface area (Å²) in [6.45, 7) is 2.59. The van der Waals surface area contributed by atoms with Gasteiger partial charge in [-0.1, -0.05) is 39.7 Å². The van der Waals surface area contributed by atoms with Crippen LogP contribution in [0.2, 0.25) is 0 Å². The van der Waals surface area contributed by atoms with Gasteiger partial charge in [0.15, 0.2) is 0 Å². The maximum atomic E-state index is 11.8. The molecule has 0 fully saturated rings. The molecule has 0 saturated heterocycles. The SMILES string of the molecule is COC(=O)c1cc(C)ccc1NCc1cccc(Br)c1. The quantitative estimate of drug-likeness (QED) is 0.854. The third-order valence-corrected chi connectivity index (χ3v) is 3.45. The smallest absolute Gasteiger partial charge is 0.339 e. The summed E-state index contributed by atoms with van der Waals surface area (Å²) in [7, 11) is 1.39. The van der Waals surface area contributed by atoms with Gasteiger partial charge >= 0.3 is 5.97 Å². The van der Waals surface area contributed by atoms with E-state index in [-0.39, 0.29) is 5.97 Å². The van der Waals surface area contributed by atoms with Crippen LogP contribution in [0.5, 0.6) is 0 Å². The second-order valence-corrected chi connectivity index (χ2v) is 5.44. The minimum atomic E-state index is -0.328. The second-order valence-electron chi connectivity index (χ2n) is 4.52. The molecule has 1 N–H and O–H groups in total. The van der Waals surface area contributed by atoms with E-state index in [2.05, 4.69) is 21.2 Å². The number of hydrogen-bond acceptors (Lipinski definition) is 3. The minimum absolute atomic E-state index is 0.328. The van der Waals surface area contributed by atoms with Gasteiger partial charge in [0.2, 0.25) is 0 Å². The molecule has 0 atom stereocenters. The van der Waals surface area contributed by atoms with Crippen molar-refractivity contribution in [1.82, 2.24) is 0 Å². The number of methoxy groups -OCH3 is 1. The van der Waals surface area contributed by atoms with Gasteiger partial charge in [-0.25, -0.2) is 4.79 Å². The van der Waals surface area contributed by atoms with Gasteiger partial charge in [0.1, 0.15) is 0 Å². The van der Waals surface area contributed by atoms with E-state index in [1.807, 2.05) is 49.4 Å². The Bertz CT molecular complexity index is 626. The number of nitrogens with one attached hydrogen (secondary N) is 1. The number of benzene rings is 2. The van der Waals surface area contributed by atoms with E-state index in [1.54, 1.807) is 0 Å². The Labute approximate surface area is 127 Å². The molecular formula is C16H16BrNO2. The average molecular weight is 334 g/mol. The summed E-state index contributed by atoms with van der Waals surface area (Å²) in [6.07, 6.45) is 0. The summed E-state index contributed by atoms with van der Waals surface area (Å²) in [5.41, 5.74) is 3.50. The fourth-order valence-corrected chi connectivity index (χ4v) is 2.38. The van der Waals surface area contributed by atoms with Crippen LogP contribution in [0.3, 0.4) is 0 Å². The highest BCUT2D eigenvalue weighted by Crippen LogP contribution is 2.20. The lowest BCUT2D eigenvalue weighted by molar-refractivity contribution is 0.0601. The molecule has 20 heavy (non-hydrogen) atoms. The first-order chi connectivity index (χ1) is 9.60. The number of esters is 1. The zero-order valence-corrected chi connectivity index (χ0v) is 13.0. The van der Waals surface area contributed by atoms with E-state index in [1.165, 1.54) is 7.11 Å². The van der Waals surface area contributed by atoms with Crippen molar-refractivity contribution in [3.8, 4) is 0 Å². The second kappa shape index (κ2) is 6.57. The molecule has 0 amide bonds. The molecule has 0 bridgehead atoms. The molecule has 0 aliphatic rings. The number of hydrogen-bond donors (Lipinski definition) is 1. The van der Waals surface area contributed by atoms with Crippen LogP contribution < -0.4 is 5.32 Å². The normalized spacial score (nSPS) is 10.2. The molecule has 0 spiro atoms. The fourth-order valence-electron chi connectivity index (χ4n) is 1.94. The Morgan fingerprint density at radius 3 is 2.75 bits per heavy atom. The zero-order valence-electron chi connectivity index (χ0n) is 11.4. The Balaban J connectivity index is 2.19. The van der Waals surface area contributed by atoms with Crippen LogP contribution >= 0.6 is 15.9 Å². The Hall–Kier alpha value is -1.81. The van der Waals surface area contributed by atoms with Crippen molar-refractivity contribution < 1.29 is 9.53 Å². The van der Waals surface area contributed by atoms with E-state index >= 15 is 0 Å². The molecule has 0 radical (unpaired) electrons. The molecule has 3 nitrogen and oxygen atoms in total. The van der Waals surface area contributed by atoms with E-state index in [4.69, 9.17) is 4.74 Å². The molecule has 2 aromatic carbocycles. The van der Waals surface area contributed by atoms with Crippen molar-refractivity contribution in [2.45, 2.75) is 13.5 Å². The largest absolute Gasteiger partial charge is 0.465 e. The summed E-state index contributed by atoms with van der Waals surface area (Å²) in [5.74, 6) is -0.328. The van der Waals surface area contributed by atoms with Crippen molar-refractivity contribution in [1.29, 1.82) is 0 Å². The number of carbonyl (C=O) groups excluding carboxylic acids is 1. The Morgan fingerprint density at radius 1 is 1.25 bits per heavy atom. The molecule has 0 aliphatic heterocycles. The summed E-state index contributed by atoms with van der Waals surface area (Å²) in [4.78, 5) is 11.8. The van der Waals surface area contributed by atoms with Crippen molar-refractivity contribution in [2.75, 3.05) is 12.4 Å². The molecule has 0 aliphatic carbocycles. The maximum Gasteiger partial charge on any atom is 0.339 e. The van der Waals surface area contributed by atoms with E-state index < -0.39 is 0 Å². The van der Waals surface area contributed by atoms with E-state index in [9.17, 15) is 4.79 Å². The number of halogens is 1. The van der Waals surface area contributed by atoms with E-state index in [0.717, 1.165) is 21.3 Å². The van der Waals surface area contributed by atoms with Gasteiger partial charge in [-0.2, -0.15) is 0 Å². The Morgan fingerprint density at radius 2 is 2.05 bits per heavy atom. The van der Waals surface area contributed by atoms with Crippen molar-refractivity contribution in [2.24, 2.45) is 0 Å². The van der Waals surface area contributed by atoms with Crippen LogP contribution in [0.15, 0.2) is 46.9 Å². The van der Waals surface area contributed by atoms with Crippen LogP contribution in [0.4, 0.5) is 5.69 Å². The van der Waals surface area contributed by atoms with Gasteiger partial charge in [-0.15, -0.1) is 0 Å². The first-order valence-corrected chi connectivity index (χ1v) is 7.06. The standard InChI is InChI=1S/C16H16BrNO2/c1-11-6-7-15(14(8-11)16(19)20-2)18-10-12-4-3-5-13(17)9-12/h3-9,18H,10H2,1-2H3. The number of carbonyl (C=O) groups is 1. The van der Waals surface area contributed by atoms with Gasteiger partial charge in [0.05, 0.1) is 12.7 Å². The fraction of sp³-hybridized carbons (Fsp3) is 0.188. The molecule has 104 valence electrons. The average Bonchev–Trinajstić information content (AvgIpc) is 2.45. The molecule has 2 rings (SSSR count). The third-order valence-electron chi connectivity index (χ3n) is 2.95. The highest BCUT2D eigenvalue weighted by molar-refractivity contribution is 9.10. The van der Waals surface area contributed by atoms with Crippen molar-refractivity contribution in [3.05, 3.63) is 63.6 Å². The van der Waals surface area contributed by atoms with E-state index in [0.29, 0.717) is 12.1 Å². The predicted octanol–water partition coefficient (Wildman–Crippen LogP) is 4.16. The molecule has 0 unspecified atom stereocenters. The van der Waals surface area contributed by atoms with Gasteiger partial charge in [0, 0.05) is 16.7 Å². The molecule has 2 aromatic rings. The predicted molar refractivity (Wildman–Crippen MR) is 84.0 cm³/mol. The van der Waals surface area contributed by atoms with Crippen LogP contribution in [-0.2, 0) is 11.3 Å². The van der Waals surface area contributed by atoms with Crippen LogP contribution in [0.1, 0.15) is 21.5 Å². The van der Waals surface area contributed by atoms with Crippen LogP contribution in [0, 0.1) is 6.92 Å². The van der Waals surface area contributed by atoms with Crippen molar-refractivity contribution >= 4 is 27.6 Å². The molecule has 0 aromatic heterocycles. The highest BCUT2D eigenvalue weighted by atomic mass is 79.9. The summed E-state index contributed by atoms with van der Waals surface area (Å²) in [5, 5.41) is 3.28. The first-order valence-electron chi connectivity index (χ1n) is 6.27. The van der Waals surface area contributed by atoms with Gasteiger partial charge in [0.25, 0.3) is 0 Å². The number of ether oxygens (including phenoxy) is 1. The van der Waals surface area contributed by atoms with Gasteiger partial charge < -0.3 is 10.1 Å². The van der Waals surface area contributed by atoms with Crippen LogP contribution in [-0.4, -0.2) is 13.1 Å². The van der Waals surface area contributed by atoms with Crippen molar-refractivity contribution in [3.63, 3.8) is 0 Å². The van der Waals surface area contributed by atoms with Crippen LogP contribution in [0.25, 0.3) is 0 Å². The number of rotatable bonds is 4. The molecular weight excluding hydrogens is 318 g/mol. The summed E-state index contributed by atoms with van der Waals surface area (Å²) in [6, 6.07) is 13.7. The van der Waals surface area contributed by atoms with Gasteiger partial charge in [-0.05, 0) is 36.8 Å². The Kier molecular flexibility index (Phi) is 4.79.